The van der Waals surface area contributed by atoms with Gasteiger partial charge in [-0.05, 0) is 43.2 Å². The molecule has 0 unspecified atom stereocenters. The predicted octanol–water partition coefficient (Wildman–Crippen LogP) is 4.06. The number of nitrogens with two attached hydrogens (primary N) is 1. The van der Waals surface area contributed by atoms with E-state index in [-0.39, 0.29) is 17.1 Å². The highest BCUT2D eigenvalue weighted by atomic mass is 35.5. The molecule has 8 heteroatoms. The Bertz CT molecular complexity index is 1080. The maximum absolute atomic E-state index is 12.1. The molecule has 4 rings (SSSR count). The van der Waals surface area contributed by atoms with Crippen molar-refractivity contribution in [1.29, 1.82) is 0 Å². The molecular formula is C20H17ClN4O3. The smallest absolute Gasteiger partial charge is 0.319 e. The van der Waals surface area contributed by atoms with Gasteiger partial charge >= 0.3 is 6.03 Å². The Morgan fingerprint density at radius 1 is 1.18 bits per heavy atom. The first-order valence-corrected chi connectivity index (χ1v) is 9.11. The molecule has 0 radical (unpaired) electrons. The second-order valence-corrected chi connectivity index (χ2v) is 6.91. The molecule has 0 spiro atoms. The Balaban J connectivity index is 1.69. The Morgan fingerprint density at radius 2 is 1.96 bits per heavy atom. The van der Waals surface area contributed by atoms with E-state index in [1.54, 1.807) is 42.5 Å². The fourth-order valence-electron chi connectivity index (χ4n) is 2.74. The minimum atomic E-state index is -0.563. The van der Waals surface area contributed by atoms with Crippen LogP contribution in [-0.2, 0) is 0 Å². The highest BCUT2D eigenvalue weighted by Crippen LogP contribution is 2.38. The van der Waals surface area contributed by atoms with Gasteiger partial charge in [-0.2, -0.15) is 0 Å². The summed E-state index contributed by atoms with van der Waals surface area (Å²) < 4.78 is 6.04. The summed E-state index contributed by atoms with van der Waals surface area (Å²) in [6.07, 6.45) is 3.46. The van der Waals surface area contributed by atoms with Crippen molar-refractivity contribution in [2.45, 2.75) is 18.9 Å². The van der Waals surface area contributed by atoms with Crippen LogP contribution in [0.4, 0.5) is 10.5 Å². The summed E-state index contributed by atoms with van der Waals surface area (Å²) >= 11 is 6.32. The lowest BCUT2D eigenvalue weighted by atomic mass is 10.1. The fourth-order valence-corrected chi connectivity index (χ4v) is 2.93. The van der Waals surface area contributed by atoms with E-state index >= 15 is 0 Å². The molecule has 0 bridgehead atoms. The van der Waals surface area contributed by atoms with E-state index in [4.69, 9.17) is 22.1 Å². The first kappa shape index (κ1) is 18.1. The molecule has 1 heterocycles. The molecule has 1 aromatic heterocycles. The van der Waals surface area contributed by atoms with E-state index in [0.717, 1.165) is 12.8 Å². The summed E-state index contributed by atoms with van der Waals surface area (Å²) in [5.74, 6) is 0.172. The number of hydrogen-bond acceptors (Lipinski definition) is 4. The van der Waals surface area contributed by atoms with Gasteiger partial charge in [-0.3, -0.25) is 9.78 Å². The van der Waals surface area contributed by atoms with Gasteiger partial charge < -0.3 is 21.1 Å². The van der Waals surface area contributed by atoms with Crippen molar-refractivity contribution in [3.63, 3.8) is 0 Å². The van der Waals surface area contributed by atoms with Crippen LogP contribution < -0.4 is 21.1 Å². The lowest BCUT2D eigenvalue weighted by Crippen LogP contribution is -2.30. The SMILES string of the molecule is NC(=O)c1ccc2ncc(Cl)c(Oc3ccccc3NC(=O)NC3CC3)c2c1. The summed E-state index contributed by atoms with van der Waals surface area (Å²) in [5, 5.41) is 6.47. The minimum absolute atomic E-state index is 0.235. The van der Waals surface area contributed by atoms with Crippen LogP contribution >= 0.6 is 11.6 Å². The van der Waals surface area contributed by atoms with Gasteiger partial charge in [0.05, 0.1) is 11.2 Å². The average Bonchev–Trinajstić information content (AvgIpc) is 3.48. The highest BCUT2D eigenvalue weighted by molar-refractivity contribution is 6.33. The van der Waals surface area contributed by atoms with Crippen LogP contribution in [0.15, 0.2) is 48.7 Å². The van der Waals surface area contributed by atoms with Gasteiger partial charge in [0.25, 0.3) is 0 Å². The van der Waals surface area contributed by atoms with Crippen molar-refractivity contribution in [3.05, 3.63) is 59.2 Å². The highest BCUT2D eigenvalue weighted by Gasteiger charge is 2.23. The summed E-state index contributed by atoms with van der Waals surface area (Å²) in [5.41, 5.74) is 6.79. The molecule has 142 valence electrons. The van der Waals surface area contributed by atoms with E-state index in [2.05, 4.69) is 15.6 Å². The number of carbonyl (C=O) groups is 2. The molecule has 0 aliphatic heterocycles. The molecule has 1 saturated carbocycles. The summed E-state index contributed by atoms with van der Waals surface area (Å²) in [6.45, 7) is 0. The normalized spacial score (nSPS) is 13.2. The van der Waals surface area contributed by atoms with Gasteiger partial charge in [-0.1, -0.05) is 23.7 Å². The van der Waals surface area contributed by atoms with Gasteiger partial charge in [0.1, 0.15) is 5.02 Å². The van der Waals surface area contributed by atoms with E-state index < -0.39 is 5.91 Å². The maximum atomic E-state index is 12.1. The second kappa shape index (κ2) is 7.36. The lowest BCUT2D eigenvalue weighted by molar-refractivity contribution is 0.100. The molecule has 28 heavy (non-hydrogen) atoms. The van der Waals surface area contributed by atoms with Crippen molar-refractivity contribution in [3.8, 4) is 11.5 Å². The number of para-hydroxylation sites is 2. The number of urea groups is 1. The predicted molar refractivity (Wildman–Crippen MR) is 107 cm³/mol. The number of pyridine rings is 1. The molecule has 1 fully saturated rings. The van der Waals surface area contributed by atoms with Crippen molar-refractivity contribution >= 4 is 40.1 Å². The molecule has 3 aromatic rings. The Morgan fingerprint density at radius 3 is 2.71 bits per heavy atom. The molecular weight excluding hydrogens is 380 g/mol. The number of ether oxygens (including phenoxy) is 1. The zero-order valence-electron chi connectivity index (χ0n) is 14.7. The number of fused-ring (bicyclic) bond motifs is 1. The van der Waals surface area contributed by atoms with E-state index in [1.807, 2.05) is 0 Å². The zero-order chi connectivity index (χ0) is 19.7. The third-order valence-electron chi connectivity index (χ3n) is 4.32. The maximum Gasteiger partial charge on any atom is 0.319 e. The topological polar surface area (TPSA) is 106 Å². The monoisotopic (exact) mass is 396 g/mol. The van der Waals surface area contributed by atoms with Crippen LogP contribution in [0.3, 0.4) is 0 Å². The number of nitrogens with one attached hydrogen (secondary N) is 2. The Kier molecular flexibility index (Phi) is 4.75. The molecule has 1 aliphatic rings. The number of nitrogens with zero attached hydrogens (tertiary/aromatic N) is 1. The van der Waals surface area contributed by atoms with Crippen LogP contribution in [-0.4, -0.2) is 23.0 Å². The minimum Gasteiger partial charge on any atom is -0.453 e. The number of rotatable bonds is 5. The van der Waals surface area contributed by atoms with Gasteiger partial charge in [0, 0.05) is 23.2 Å². The van der Waals surface area contributed by atoms with Crippen LogP contribution in [0.5, 0.6) is 11.5 Å². The number of amides is 3. The van der Waals surface area contributed by atoms with Crippen LogP contribution in [0, 0.1) is 0 Å². The van der Waals surface area contributed by atoms with Crippen LogP contribution in [0.1, 0.15) is 23.2 Å². The standard InChI is InChI=1S/C20H17ClN4O3/c21-14-10-23-15-8-5-11(19(22)26)9-13(15)18(14)28-17-4-2-1-3-16(17)25-20(27)24-12-6-7-12/h1-5,8-10,12H,6-7H2,(H2,22,26)(H2,24,25,27). The number of benzene rings is 2. The molecule has 2 aromatic carbocycles. The van der Waals surface area contributed by atoms with E-state index in [0.29, 0.717) is 33.7 Å². The number of carbonyl (C=O) groups excluding carboxylic acids is 2. The molecule has 0 atom stereocenters. The van der Waals surface area contributed by atoms with Crippen LogP contribution in [0.2, 0.25) is 5.02 Å². The van der Waals surface area contributed by atoms with Crippen molar-refractivity contribution in [1.82, 2.24) is 10.3 Å². The summed E-state index contributed by atoms with van der Waals surface area (Å²) in [6, 6.07) is 11.8. The number of aromatic nitrogens is 1. The van der Waals surface area contributed by atoms with E-state index in [9.17, 15) is 9.59 Å². The summed E-state index contributed by atoms with van der Waals surface area (Å²) in [4.78, 5) is 27.9. The van der Waals surface area contributed by atoms with E-state index in [1.165, 1.54) is 6.20 Å². The van der Waals surface area contributed by atoms with Gasteiger partial charge in [0.2, 0.25) is 5.91 Å². The van der Waals surface area contributed by atoms with Crippen molar-refractivity contribution in [2.75, 3.05) is 5.32 Å². The van der Waals surface area contributed by atoms with Gasteiger partial charge in [-0.15, -0.1) is 0 Å². The van der Waals surface area contributed by atoms with Gasteiger partial charge in [-0.25, -0.2) is 4.79 Å². The Hall–Kier alpha value is -3.32. The quantitative estimate of drug-likeness (QED) is 0.604. The number of anilines is 1. The number of primary amides is 1. The number of halogens is 1. The molecule has 0 saturated heterocycles. The second-order valence-electron chi connectivity index (χ2n) is 6.50. The average molecular weight is 397 g/mol. The molecule has 1 aliphatic carbocycles. The number of hydrogen-bond donors (Lipinski definition) is 3. The molecule has 3 amide bonds. The Labute approximate surface area is 165 Å². The fraction of sp³-hybridized carbons (Fsp3) is 0.150. The van der Waals surface area contributed by atoms with Crippen molar-refractivity contribution in [2.24, 2.45) is 5.73 Å². The molecule has 7 nitrogen and oxygen atoms in total. The zero-order valence-corrected chi connectivity index (χ0v) is 15.5. The third kappa shape index (κ3) is 3.84. The largest absolute Gasteiger partial charge is 0.453 e. The van der Waals surface area contributed by atoms with Crippen molar-refractivity contribution < 1.29 is 14.3 Å². The lowest BCUT2D eigenvalue weighted by Gasteiger charge is -2.15. The first-order chi connectivity index (χ1) is 13.5. The van der Waals surface area contributed by atoms with Crippen LogP contribution in [0.25, 0.3) is 10.9 Å². The summed E-state index contributed by atoms with van der Waals surface area (Å²) in [7, 11) is 0. The third-order valence-corrected chi connectivity index (χ3v) is 4.59. The van der Waals surface area contributed by atoms with Gasteiger partial charge in [0.15, 0.2) is 11.5 Å². The first-order valence-electron chi connectivity index (χ1n) is 8.74. The molecule has 4 N–H and O–H groups in total.